The number of primary amides is 1. The molecule has 0 aliphatic carbocycles. The second-order valence-corrected chi connectivity index (χ2v) is 16.0. The van der Waals surface area contributed by atoms with Crippen LogP contribution in [0, 0.1) is 17.2 Å². The van der Waals surface area contributed by atoms with Crippen LogP contribution in [0.25, 0.3) is 0 Å². The summed E-state index contributed by atoms with van der Waals surface area (Å²) in [6, 6.07) is 5.66. The van der Waals surface area contributed by atoms with Gasteiger partial charge in [-0.05, 0) is 58.2 Å². The van der Waals surface area contributed by atoms with Gasteiger partial charge in [0.15, 0.2) is 14.1 Å². The lowest BCUT2D eigenvalue weighted by molar-refractivity contribution is 0.0342. The maximum atomic E-state index is 12.1. The van der Waals surface area contributed by atoms with E-state index < -0.39 is 14.2 Å². The Morgan fingerprint density at radius 3 is 2.79 bits per heavy atom. The molecule has 0 saturated carbocycles. The summed E-state index contributed by atoms with van der Waals surface area (Å²) in [7, 11) is -1.97. The number of rotatable bonds is 7. The second kappa shape index (κ2) is 10.4. The first-order valence-electron chi connectivity index (χ1n) is 11.1. The van der Waals surface area contributed by atoms with Crippen LogP contribution >= 0.6 is 27.5 Å². The Hall–Kier alpha value is -1.90. The fraction of sp³-hybridized carbons (Fsp3) is 0.522. The van der Waals surface area contributed by atoms with Gasteiger partial charge < -0.3 is 20.2 Å². The minimum Gasteiger partial charge on any atom is -0.413 e. The summed E-state index contributed by atoms with van der Waals surface area (Å²) in [4.78, 5) is 12.1. The van der Waals surface area contributed by atoms with E-state index in [2.05, 4.69) is 66.3 Å². The van der Waals surface area contributed by atoms with Crippen LogP contribution in [0.2, 0.25) is 23.2 Å². The van der Waals surface area contributed by atoms with Crippen molar-refractivity contribution in [3.8, 4) is 6.07 Å². The third-order valence-electron chi connectivity index (χ3n) is 6.59. The average molecular weight is 569 g/mol. The van der Waals surface area contributed by atoms with Gasteiger partial charge in [0.2, 0.25) is 0 Å². The highest BCUT2D eigenvalue weighted by molar-refractivity contribution is 9.10. The van der Waals surface area contributed by atoms with Gasteiger partial charge in [-0.1, -0.05) is 32.4 Å². The van der Waals surface area contributed by atoms with Crippen LogP contribution in [0.3, 0.4) is 0 Å². The number of nitrogens with two attached hydrogens (primary N) is 1. The smallest absolute Gasteiger partial charge is 0.254 e. The Bertz CT molecular complexity index is 1110. The van der Waals surface area contributed by atoms with E-state index in [0.717, 1.165) is 10.0 Å². The minimum absolute atomic E-state index is 0.0759. The van der Waals surface area contributed by atoms with Crippen molar-refractivity contribution in [3.63, 3.8) is 0 Å². The number of carbonyl (C=O) groups is 1. The summed E-state index contributed by atoms with van der Waals surface area (Å²) >= 11 is 10.1. The highest BCUT2D eigenvalue weighted by atomic mass is 79.9. The van der Waals surface area contributed by atoms with E-state index in [4.69, 9.17) is 26.5 Å². The molecule has 184 valence electrons. The summed E-state index contributed by atoms with van der Waals surface area (Å²) < 4.78 is 14.3. The minimum atomic E-state index is -1.97. The Morgan fingerprint density at radius 1 is 1.47 bits per heavy atom. The van der Waals surface area contributed by atoms with Crippen LogP contribution in [0.15, 0.2) is 22.8 Å². The van der Waals surface area contributed by atoms with Crippen LogP contribution in [-0.4, -0.2) is 37.2 Å². The largest absolute Gasteiger partial charge is 0.413 e. The maximum absolute atomic E-state index is 12.1. The molecule has 3 N–H and O–H groups in total. The van der Waals surface area contributed by atoms with Crippen molar-refractivity contribution in [2.24, 2.45) is 11.7 Å². The Kier molecular flexibility index (Phi) is 8.15. The summed E-state index contributed by atoms with van der Waals surface area (Å²) in [5.74, 6) is -0.587. The molecule has 2 aromatic rings. The number of aromatic nitrogens is 2. The van der Waals surface area contributed by atoms with Gasteiger partial charge in [-0.15, -0.1) is 0 Å². The van der Waals surface area contributed by atoms with E-state index in [0.29, 0.717) is 42.8 Å². The standard InChI is InChI=1S/C23H31BrClN5O3Si/c1-23(2,3)34(4,5)33-12-15-8-16(9-18(25)20(15)24)28-22-17(21(27)31)11-30(29-22)19-13-32-7-6-14(19)10-26/h8-9,11,14,19H,6-7,12-13H2,1-5H3,(H2,27,31)(H,28,29)/t14-,19?/m1/s1. The summed E-state index contributed by atoms with van der Waals surface area (Å²) in [6.07, 6.45) is 2.17. The highest BCUT2D eigenvalue weighted by Gasteiger charge is 2.37. The molecule has 2 heterocycles. The molecule has 11 heteroatoms. The summed E-state index contributed by atoms with van der Waals surface area (Å²) in [5.41, 5.74) is 7.37. The van der Waals surface area contributed by atoms with Crippen molar-refractivity contribution in [2.75, 3.05) is 18.5 Å². The molecular formula is C23H31BrClN5O3Si. The SMILES string of the molecule is CC(C)(C)[Si](C)(C)OCc1cc(Nc2nn(C3COCC[C@@H]3C#N)cc2C(N)=O)cc(Cl)c1Br. The molecule has 8 nitrogen and oxygen atoms in total. The van der Waals surface area contributed by atoms with Crippen molar-refractivity contribution < 1.29 is 14.0 Å². The molecule has 1 aliphatic rings. The molecule has 3 rings (SSSR count). The first kappa shape index (κ1) is 26.7. The normalized spacial score (nSPS) is 19.0. The lowest BCUT2D eigenvalue weighted by Gasteiger charge is -2.36. The van der Waals surface area contributed by atoms with E-state index in [-0.39, 0.29) is 22.6 Å². The van der Waals surface area contributed by atoms with E-state index in [9.17, 15) is 10.1 Å². The zero-order chi connectivity index (χ0) is 25.3. The topological polar surface area (TPSA) is 115 Å². The third kappa shape index (κ3) is 5.83. The van der Waals surface area contributed by atoms with Crippen LogP contribution < -0.4 is 11.1 Å². The van der Waals surface area contributed by atoms with Gasteiger partial charge in [-0.25, -0.2) is 0 Å². The van der Waals surface area contributed by atoms with Crippen molar-refractivity contribution in [3.05, 3.63) is 39.0 Å². The predicted octanol–water partition coefficient (Wildman–Crippen LogP) is 5.76. The molecule has 0 bridgehead atoms. The molecule has 1 aliphatic heterocycles. The first-order chi connectivity index (χ1) is 15.8. The van der Waals surface area contributed by atoms with Crippen LogP contribution in [0.1, 0.15) is 49.2 Å². The van der Waals surface area contributed by atoms with E-state index in [1.54, 1.807) is 16.9 Å². The van der Waals surface area contributed by atoms with E-state index in [1.165, 1.54) is 0 Å². The number of ether oxygens (including phenoxy) is 1. The molecule has 1 aromatic carbocycles. The van der Waals surface area contributed by atoms with Gasteiger partial charge in [0.05, 0.1) is 36.3 Å². The van der Waals surface area contributed by atoms with Crippen LogP contribution in [0.5, 0.6) is 0 Å². The molecule has 1 unspecified atom stereocenters. The number of amides is 1. The third-order valence-corrected chi connectivity index (χ3v) is 12.5. The summed E-state index contributed by atoms with van der Waals surface area (Å²) in [6.45, 7) is 12.2. The second-order valence-electron chi connectivity index (χ2n) is 10.0. The van der Waals surface area contributed by atoms with Crippen LogP contribution in [0.4, 0.5) is 11.5 Å². The zero-order valence-corrected chi connectivity index (χ0v) is 23.5. The number of nitriles is 1. The van der Waals surface area contributed by atoms with Gasteiger partial charge in [-0.2, -0.15) is 10.4 Å². The van der Waals surface area contributed by atoms with Gasteiger partial charge in [0, 0.05) is 23.0 Å². The molecule has 0 spiro atoms. The van der Waals surface area contributed by atoms with Crippen molar-refractivity contribution in [1.82, 2.24) is 9.78 Å². The molecule has 1 amide bonds. The molecular weight excluding hydrogens is 538 g/mol. The van der Waals surface area contributed by atoms with Gasteiger partial charge >= 0.3 is 0 Å². The Balaban J connectivity index is 1.90. The van der Waals surface area contributed by atoms with Crippen molar-refractivity contribution >= 4 is 53.3 Å². The molecule has 1 aromatic heterocycles. The van der Waals surface area contributed by atoms with Crippen molar-refractivity contribution in [1.29, 1.82) is 5.26 Å². The maximum Gasteiger partial charge on any atom is 0.254 e. The number of hydrogen-bond donors (Lipinski definition) is 2. The number of anilines is 2. The van der Waals surface area contributed by atoms with E-state index >= 15 is 0 Å². The monoisotopic (exact) mass is 567 g/mol. The fourth-order valence-electron chi connectivity index (χ4n) is 3.40. The number of hydrogen-bond acceptors (Lipinski definition) is 6. The molecule has 1 saturated heterocycles. The highest BCUT2D eigenvalue weighted by Crippen LogP contribution is 2.39. The molecule has 2 atom stereocenters. The van der Waals surface area contributed by atoms with Crippen molar-refractivity contribution in [2.45, 2.75) is 58.0 Å². The lowest BCUT2D eigenvalue weighted by atomic mass is 9.97. The zero-order valence-electron chi connectivity index (χ0n) is 20.1. The quantitative estimate of drug-likeness (QED) is 0.410. The fourth-order valence-corrected chi connectivity index (χ4v) is 4.93. The Labute approximate surface area is 215 Å². The average Bonchev–Trinajstić information content (AvgIpc) is 3.18. The lowest BCUT2D eigenvalue weighted by Crippen LogP contribution is -2.40. The predicted molar refractivity (Wildman–Crippen MR) is 139 cm³/mol. The van der Waals surface area contributed by atoms with Crippen LogP contribution in [-0.2, 0) is 15.8 Å². The Morgan fingerprint density at radius 2 is 2.18 bits per heavy atom. The number of carbonyl (C=O) groups excluding carboxylic acids is 1. The summed E-state index contributed by atoms with van der Waals surface area (Å²) in [5, 5.41) is 17.8. The molecule has 34 heavy (non-hydrogen) atoms. The molecule has 1 fully saturated rings. The van der Waals surface area contributed by atoms with Gasteiger partial charge in [0.1, 0.15) is 5.56 Å². The van der Waals surface area contributed by atoms with E-state index in [1.807, 2.05) is 6.07 Å². The first-order valence-corrected chi connectivity index (χ1v) is 15.2. The molecule has 0 radical (unpaired) electrons. The number of nitrogens with one attached hydrogen (secondary N) is 1. The van der Waals surface area contributed by atoms with Gasteiger partial charge in [-0.3, -0.25) is 9.48 Å². The van der Waals surface area contributed by atoms with Gasteiger partial charge in [0.25, 0.3) is 5.91 Å². The number of nitrogens with zero attached hydrogens (tertiary/aromatic N) is 3. The number of halogens is 2. The number of benzene rings is 1.